The van der Waals surface area contributed by atoms with Crippen LogP contribution >= 0.6 is 15.9 Å². The zero-order valence-electron chi connectivity index (χ0n) is 14.8. The van der Waals surface area contributed by atoms with Gasteiger partial charge in [0.25, 0.3) is 5.91 Å². The molecule has 0 radical (unpaired) electrons. The third kappa shape index (κ3) is 4.46. The Kier molecular flexibility index (Phi) is 5.75. The van der Waals surface area contributed by atoms with Crippen molar-refractivity contribution in [1.29, 1.82) is 0 Å². The second-order valence-electron chi connectivity index (χ2n) is 5.81. The molecule has 1 atom stereocenters. The van der Waals surface area contributed by atoms with Crippen LogP contribution in [0.1, 0.15) is 28.4 Å². The first-order chi connectivity index (χ1) is 13.0. The second-order valence-corrected chi connectivity index (χ2v) is 6.73. The molecule has 0 saturated heterocycles. The number of rotatable bonds is 4. The highest BCUT2D eigenvalue weighted by molar-refractivity contribution is 9.10. The normalized spacial score (nSPS) is 16.2. The number of ether oxygens (including phenoxy) is 2. The van der Waals surface area contributed by atoms with Gasteiger partial charge in [-0.15, -0.1) is 0 Å². The van der Waals surface area contributed by atoms with Crippen molar-refractivity contribution in [2.24, 2.45) is 4.99 Å². The fourth-order valence-electron chi connectivity index (χ4n) is 2.72. The van der Waals surface area contributed by atoms with E-state index in [1.165, 1.54) is 0 Å². The molecule has 1 aliphatic heterocycles. The van der Waals surface area contributed by atoms with E-state index in [0.29, 0.717) is 22.6 Å². The van der Waals surface area contributed by atoms with E-state index in [1.54, 1.807) is 56.7 Å². The summed E-state index contributed by atoms with van der Waals surface area (Å²) in [6, 6.07) is 11.7. The van der Waals surface area contributed by atoms with Crippen molar-refractivity contribution in [1.82, 2.24) is 10.6 Å². The minimum Gasteiger partial charge on any atom is -0.497 e. The molecule has 0 fully saturated rings. The molecular weight excluding hydrogens is 414 g/mol. The summed E-state index contributed by atoms with van der Waals surface area (Å²) in [5.41, 5.74) is 1.17. The van der Waals surface area contributed by atoms with Gasteiger partial charge in [0.15, 0.2) is 0 Å². The Morgan fingerprint density at radius 3 is 2.59 bits per heavy atom. The van der Waals surface area contributed by atoms with Gasteiger partial charge < -0.3 is 9.47 Å². The number of halogens is 1. The van der Waals surface area contributed by atoms with Gasteiger partial charge in [-0.3, -0.25) is 20.2 Å². The molecule has 0 unspecified atom stereocenters. The van der Waals surface area contributed by atoms with Crippen LogP contribution in [-0.4, -0.2) is 32.0 Å². The highest BCUT2D eigenvalue weighted by Crippen LogP contribution is 2.34. The van der Waals surface area contributed by atoms with Crippen LogP contribution in [0.2, 0.25) is 0 Å². The predicted octanol–water partition coefficient (Wildman–Crippen LogP) is 2.81. The third-order valence-electron chi connectivity index (χ3n) is 4.06. The Hall–Kier alpha value is -2.87. The largest absolute Gasteiger partial charge is 0.497 e. The van der Waals surface area contributed by atoms with Gasteiger partial charge in [0.1, 0.15) is 11.5 Å². The molecule has 0 spiro atoms. The molecule has 7 nitrogen and oxygen atoms in total. The quantitative estimate of drug-likeness (QED) is 0.778. The lowest BCUT2D eigenvalue weighted by atomic mass is 10.0. The standard InChI is InChI=1S/C19H18BrN3O4/c1-26-13-7-8-16(27-2)14(9-13)15-10-17(24)22-19(21-15)23-18(25)11-3-5-12(20)6-4-11/h3-9,15H,10H2,1-2H3,(H2,21,22,23,24,25)/t15-/m0/s1. The minimum absolute atomic E-state index is 0.106. The van der Waals surface area contributed by atoms with Crippen LogP contribution < -0.4 is 20.1 Å². The zero-order valence-corrected chi connectivity index (χ0v) is 16.4. The van der Waals surface area contributed by atoms with Gasteiger partial charge in [-0.1, -0.05) is 15.9 Å². The molecule has 2 aromatic rings. The third-order valence-corrected chi connectivity index (χ3v) is 4.58. The summed E-state index contributed by atoms with van der Waals surface area (Å²) in [7, 11) is 3.11. The SMILES string of the molecule is COc1ccc(OC)c([C@@H]2CC(=O)NC(NC(=O)c3ccc(Br)cc3)=N2)c1. The van der Waals surface area contributed by atoms with Gasteiger partial charge in [-0.05, 0) is 42.5 Å². The summed E-state index contributed by atoms with van der Waals surface area (Å²) >= 11 is 3.33. The molecule has 1 aliphatic rings. The summed E-state index contributed by atoms with van der Waals surface area (Å²) in [6.07, 6.45) is 0.140. The first-order valence-electron chi connectivity index (χ1n) is 8.16. The molecule has 8 heteroatoms. The number of nitrogens with zero attached hydrogens (tertiary/aromatic N) is 1. The molecule has 27 heavy (non-hydrogen) atoms. The maximum atomic E-state index is 12.4. The van der Waals surface area contributed by atoms with Crippen LogP contribution in [0, 0.1) is 0 Å². The lowest BCUT2D eigenvalue weighted by Gasteiger charge is -2.23. The Morgan fingerprint density at radius 1 is 1.19 bits per heavy atom. The number of nitrogens with one attached hydrogen (secondary N) is 2. The monoisotopic (exact) mass is 431 g/mol. The lowest BCUT2D eigenvalue weighted by Crippen LogP contribution is -2.47. The van der Waals surface area contributed by atoms with E-state index in [4.69, 9.17) is 9.47 Å². The van der Waals surface area contributed by atoms with Crippen molar-refractivity contribution < 1.29 is 19.1 Å². The van der Waals surface area contributed by atoms with Crippen molar-refractivity contribution >= 4 is 33.7 Å². The number of amides is 2. The number of benzene rings is 2. The van der Waals surface area contributed by atoms with Crippen LogP contribution in [-0.2, 0) is 4.79 Å². The maximum Gasteiger partial charge on any atom is 0.257 e. The van der Waals surface area contributed by atoms with E-state index in [2.05, 4.69) is 31.6 Å². The van der Waals surface area contributed by atoms with Gasteiger partial charge in [0.05, 0.1) is 26.7 Å². The topological polar surface area (TPSA) is 89.0 Å². The van der Waals surface area contributed by atoms with Crippen molar-refractivity contribution in [3.8, 4) is 11.5 Å². The highest BCUT2D eigenvalue weighted by Gasteiger charge is 2.26. The lowest BCUT2D eigenvalue weighted by molar-refractivity contribution is -0.120. The van der Waals surface area contributed by atoms with Gasteiger partial charge in [0, 0.05) is 15.6 Å². The van der Waals surface area contributed by atoms with Gasteiger partial charge in [-0.25, -0.2) is 4.99 Å². The van der Waals surface area contributed by atoms with Crippen LogP contribution in [0.5, 0.6) is 11.5 Å². The highest BCUT2D eigenvalue weighted by atomic mass is 79.9. The number of carbonyl (C=O) groups is 2. The molecule has 3 rings (SSSR count). The van der Waals surface area contributed by atoms with Gasteiger partial charge in [0.2, 0.25) is 11.9 Å². The van der Waals surface area contributed by atoms with Crippen molar-refractivity contribution in [3.05, 3.63) is 58.1 Å². The zero-order chi connectivity index (χ0) is 19.4. The molecule has 2 amide bonds. The number of hydrogen-bond acceptors (Lipinski definition) is 5. The van der Waals surface area contributed by atoms with Gasteiger partial charge in [-0.2, -0.15) is 0 Å². The Balaban J connectivity index is 1.87. The first-order valence-corrected chi connectivity index (χ1v) is 8.96. The van der Waals surface area contributed by atoms with E-state index in [9.17, 15) is 9.59 Å². The summed E-state index contributed by atoms with van der Waals surface area (Å²) in [5.74, 6) is 0.727. The predicted molar refractivity (Wildman–Crippen MR) is 104 cm³/mol. The van der Waals surface area contributed by atoms with Crippen LogP contribution in [0.15, 0.2) is 51.9 Å². The fraction of sp³-hybridized carbons (Fsp3) is 0.211. The smallest absolute Gasteiger partial charge is 0.257 e. The second kappa shape index (κ2) is 8.22. The van der Waals surface area contributed by atoms with Crippen molar-refractivity contribution in [3.63, 3.8) is 0 Å². The molecule has 0 saturated carbocycles. The maximum absolute atomic E-state index is 12.4. The number of guanidine groups is 1. The Morgan fingerprint density at radius 2 is 1.93 bits per heavy atom. The molecule has 140 valence electrons. The number of aliphatic imine (C=N–C) groups is 1. The van der Waals surface area contributed by atoms with E-state index in [0.717, 1.165) is 4.47 Å². The van der Waals surface area contributed by atoms with E-state index in [-0.39, 0.29) is 24.2 Å². The van der Waals surface area contributed by atoms with E-state index in [1.807, 2.05) is 0 Å². The molecule has 2 N–H and O–H groups in total. The van der Waals surface area contributed by atoms with Crippen molar-refractivity contribution in [2.75, 3.05) is 14.2 Å². The van der Waals surface area contributed by atoms with Crippen LogP contribution in [0.3, 0.4) is 0 Å². The summed E-state index contributed by atoms with van der Waals surface area (Å²) in [6.45, 7) is 0. The molecule has 2 aromatic carbocycles. The van der Waals surface area contributed by atoms with E-state index < -0.39 is 6.04 Å². The summed E-state index contributed by atoms with van der Waals surface area (Å²) in [4.78, 5) is 29.0. The molecule has 0 aromatic heterocycles. The average molecular weight is 432 g/mol. The minimum atomic E-state index is -0.496. The molecule has 0 aliphatic carbocycles. The Labute approximate surface area is 164 Å². The summed E-state index contributed by atoms with van der Waals surface area (Å²) < 4.78 is 11.5. The molecular formula is C19H18BrN3O4. The van der Waals surface area contributed by atoms with Crippen LogP contribution in [0.25, 0.3) is 0 Å². The molecule has 1 heterocycles. The number of carbonyl (C=O) groups excluding carboxylic acids is 2. The summed E-state index contributed by atoms with van der Waals surface area (Å²) in [5, 5.41) is 5.23. The number of methoxy groups -OCH3 is 2. The molecule has 0 bridgehead atoms. The van der Waals surface area contributed by atoms with E-state index >= 15 is 0 Å². The Bertz CT molecular complexity index is 896. The van der Waals surface area contributed by atoms with Crippen LogP contribution in [0.4, 0.5) is 0 Å². The number of hydrogen-bond donors (Lipinski definition) is 2. The average Bonchev–Trinajstić information content (AvgIpc) is 2.67. The first kappa shape index (κ1) is 18.9. The van der Waals surface area contributed by atoms with Crippen molar-refractivity contribution in [2.45, 2.75) is 12.5 Å². The fourth-order valence-corrected chi connectivity index (χ4v) is 2.98. The van der Waals surface area contributed by atoms with Gasteiger partial charge >= 0.3 is 0 Å².